The van der Waals surface area contributed by atoms with Crippen LogP contribution >= 0.6 is 11.6 Å². The lowest BCUT2D eigenvalue weighted by Crippen LogP contribution is -2.13. The Kier molecular flexibility index (Phi) is 3.78. The van der Waals surface area contributed by atoms with Gasteiger partial charge in [-0.2, -0.15) is 5.26 Å². The molecule has 7 heteroatoms. The first kappa shape index (κ1) is 13.8. The van der Waals surface area contributed by atoms with Gasteiger partial charge in [-0.05, 0) is 18.2 Å². The molecule has 0 spiro atoms. The number of nitriles is 1. The van der Waals surface area contributed by atoms with Gasteiger partial charge in [-0.3, -0.25) is 0 Å². The molecule has 0 bridgehead atoms. The van der Waals surface area contributed by atoms with Crippen molar-refractivity contribution in [1.82, 2.24) is 9.55 Å². The number of rotatable bonds is 4. The zero-order valence-electron chi connectivity index (χ0n) is 10.3. The maximum absolute atomic E-state index is 11.3. The summed E-state index contributed by atoms with van der Waals surface area (Å²) in [5.74, 6) is 0.815. The van der Waals surface area contributed by atoms with Crippen molar-refractivity contribution in [2.45, 2.75) is 12.4 Å². The van der Waals surface area contributed by atoms with Gasteiger partial charge in [0.15, 0.2) is 0 Å². The molecule has 0 fully saturated rings. The summed E-state index contributed by atoms with van der Waals surface area (Å²) in [6.45, 7) is 0.284. The Morgan fingerprint density at radius 1 is 1.47 bits per heavy atom. The van der Waals surface area contributed by atoms with Gasteiger partial charge in [-0.15, -0.1) is 11.6 Å². The molecule has 0 aliphatic rings. The van der Waals surface area contributed by atoms with Gasteiger partial charge in [0, 0.05) is 12.8 Å². The first-order chi connectivity index (χ1) is 8.94. The molecule has 2 rings (SSSR count). The molecule has 0 aliphatic carbocycles. The van der Waals surface area contributed by atoms with Gasteiger partial charge in [0.1, 0.15) is 15.7 Å². The molecule has 0 aliphatic heterocycles. The van der Waals surface area contributed by atoms with Gasteiger partial charge >= 0.3 is 0 Å². The van der Waals surface area contributed by atoms with E-state index in [9.17, 15) is 8.42 Å². The second-order valence-electron chi connectivity index (χ2n) is 4.26. The molecule has 1 aromatic heterocycles. The highest BCUT2D eigenvalue weighted by molar-refractivity contribution is 7.90. The highest BCUT2D eigenvalue weighted by atomic mass is 35.5. The van der Waals surface area contributed by atoms with Crippen molar-refractivity contribution in [2.75, 3.05) is 12.0 Å². The highest BCUT2D eigenvalue weighted by Crippen LogP contribution is 2.19. The second-order valence-corrected chi connectivity index (χ2v) is 6.79. The van der Waals surface area contributed by atoms with E-state index in [-0.39, 0.29) is 18.2 Å². The van der Waals surface area contributed by atoms with E-state index in [4.69, 9.17) is 16.9 Å². The number of aryl methyl sites for hydroxylation is 1. The molecule has 0 saturated carbocycles. The number of nitrogens with zero attached hydrogens (tertiary/aromatic N) is 3. The van der Waals surface area contributed by atoms with E-state index in [1.54, 1.807) is 22.8 Å². The minimum absolute atomic E-state index is 0.0130. The van der Waals surface area contributed by atoms with Gasteiger partial charge in [0.25, 0.3) is 0 Å². The molecular formula is C12H12ClN3O2S. The van der Waals surface area contributed by atoms with E-state index < -0.39 is 9.84 Å². The number of sulfone groups is 1. The fourth-order valence-electron chi connectivity index (χ4n) is 1.85. The lowest BCUT2D eigenvalue weighted by molar-refractivity contribution is 0.594. The molecule has 0 radical (unpaired) electrons. The Labute approximate surface area is 116 Å². The number of hydrogen-bond donors (Lipinski definition) is 0. The first-order valence-corrected chi connectivity index (χ1v) is 8.17. The standard InChI is InChI=1S/C12H12ClN3O2S/c1-19(17,18)5-4-16-11-6-9(8-14)2-3-10(11)15-12(16)7-13/h2-3,6H,4-5,7H2,1H3. The van der Waals surface area contributed by atoms with Gasteiger partial charge in [-0.25, -0.2) is 13.4 Å². The van der Waals surface area contributed by atoms with Crippen molar-refractivity contribution in [1.29, 1.82) is 5.26 Å². The Morgan fingerprint density at radius 2 is 2.21 bits per heavy atom. The van der Waals surface area contributed by atoms with E-state index >= 15 is 0 Å². The molecule has 0 atom stereocenters. The lowest BCUT2D eigenvalue weighted by Gasteiger charge is -2.06. The molecule has 1 heterocycles. The molecule has 100 valence electrons. The lowest BCUT2D eigenvalue weighted by atomic mass is 10.2. The Balaban J connectivity index is 2.52. The van der Waals surface area contributed by atoms with Crippen molar-refractivity contribution >= 4 is 32.5 Å². The fraction of sp³-hybridized carbons (Fsp3) is 0.333. The number of hydrogen-bond acceptors (Lipinski definition) is 4. The van der Waals surface area contributed by atoms with Crippen LogP contribution in [0.4, 0.5) is 0 Å². The predicted molar refractivity (Wildman–Crippen MR) is 73.7 cm³/mol. The van der Waals surface area contributed by atoms with Crippen LogP contribution in [0.1, 0.15) is 11.4 Å². The normalized spacial score (nSPS) is 11.6. The number of benzene rings is 1. The van der Waals surface area contributed by atoms with Crippen molar-refractivity contribution < 1.29 is 8.42 Å². The number of fused-ring (bicyclic) bond motifs is 1. The topological polar surface area (TPSA) is 75.8 Å². The van der Waals surface area contributed by atoms with Crippen LogP contribution in [0.3, 0.4) is 0 Å². The summed E-state index contributed by atoms with van der Waals surface area (Å²) in [4.78, 5) is 4.33. The Hall–Kier alpha value is -1.58. The molecule has 0 N–H and O–H groups in total. The maximum atomic E-state index is 11.3. The Bertz CT molecular complexity index is 759. The molecule has 19 heavy (non-hydrogen) atoms. The minimum atomic E-state index is -3.07. The van der Waals surface area contributed by atoms with E-state index in [0.29, 0.717) is 16.9 Å². The van der Waals surface area contributed by atoms with Crippen LogP contribution < -0.4 is 0 Å². The second kappa shape index (κ2) is 5.19. The number of alkyl halides is 1. The average molecular weight is 298 g/mol. The van der Waals surface area contributed by atoms with Gasteiger partial charge < -0.3 is 4.57 Å². The highest BCUT2D eigenvalue weighted by Gasteiger charge is 2.12. The zero-order chi connectivity index (χ0) is 14.0. The van der Waals surface area contributed by atoms with E-state index in [0.717, 1.165) is 5.52 Å². The molecule has 2 aromatic rings. The third-order valence-corrected chi connectivity index (χ3v) is 3.92. The number of aromatic nitrogens is 2. The van der Waals surface area contributed by atoms with Gasteiger partial charge in [-0.1, -0.05) is 0 Å². The van der Waals surface area contributed by atoms with E-state index in [2.05, 4.69) is 11.1 Å². The summed E-state index contributed by atoms with van der Waals surface area (Å²) in [7, 11) is -3.07. The van der Waals surface area contributed by atoms with Crippen molar-refractivity contribution in [2.24, 2.45) is 0 Å². The number of imidazole rings is 1. The minimum Gasteiger partial charge on any atom is -0.326 e. The molecule has 0 unspecified atom stereocenters. The van der Waals surface area contributed by atoms with Gasteiger partial charge in [0.2, 0.25) is 0 Å². The van der Waals surface area contributed by atoms with Crippen LogP contribution in [0.15, 0.2) is 18.2 Å². The molecule has 1 aromatic carbocycles. The molecular weight excluding hydrogens is 286 g/mol. The summed E-state index contributed by atoms with van der Waals surface area (Å²) in [6.07, 6.45) is 1.19. The fourth-order valence-corrected chi connectivity index (χ4v) is 2.57. The van der Waals surface area contributed by atoms with Crippen LogP contribution in [0.5, 0.6) is 0 Å². The van der Waals surface area contributed by atoms with Crippen molar-refractivity contribution in [3.8, 4) is 6.07 Å². The van der Waals surface area contributed by atoms with Crippen LogP contribution in [-0.4, -0.2) is 30.0 Å². The van der Waals surface area contributed by atoms with Gasteiger partial charge in [0.05, 0.1) is 34.3 Å². The zero-order valence-corrected chi connectivity index (χ0v) is 11.9. The monoisotopic (exact) mass is 297 g/mol. The summed E-state index contributed by atoms with van der Waals surface area (Å²) in [5, 5.41) is 8.91. The number of halogens is 1. The van der Waals surface area contributed by atoms with Crippen LogP contribution in [0.25, 0.3) is 11.0 Å². The summed E-state index contributed by atoms with van der Waals surface area (Å²) in [5.41, 5.74) is 1.95. The maximum Gasteiger partial charge on any atom is 0.149 e. The van der Waals surface area contributed by atoms with Crippen molar-refractivity contribution in [3.05, 3.63) is 29.6 Å². The van der Waals surface area contributed by atoms with Crippen LogP contribution in [-0.2, 0) is 22.3 Å². The quantitative estimate of drug-likeness (QED) is 0.805. The molecule has 0 amide bonds. The first-order valence-electron chi connectivity index (χ1n) is 5.57. The average Bonchev–Trinajstić information content (AvgIpc) is 2.72. The predicted octanol–water partition coefficient (Wildman–Crippen LogP) is 1.69. The van der Waals surface area contributed by atoms with Crippen LogP contribution in [0, 0.1) is 11.3 Å². The Morgan fingerprint density at radius 3 is 2.79 bits per heavy atom. The molecule has 5 nitrogen and oxygen atoms in total. The third-order valence-electron chi connectivity index (χ3n) is 2.76. The van der Waals surface area contributed by atoms with E-state index in [1.807, 2.05) is 0 Å². The summed E-state index contributed by atoms with van der Waals surface area (Å²) in [6, 6.07) is 7.16. The van der Waals surface area contributed by atoms with E-state index in [1.165, 1.54) is 6.26 Å². The van der Waals surface area contributed by atoms with Crippen molar-refractivity contribution in [3.63, 3.8) is 0 Å². The largest absolute Gasteiger partial charge is 0.326 e. The third kappa shape index (κ3) is 3.06. The SMILES string of the molecule is CS(=O)(=O)CCn1c(CCl)nc2ccc(C#N)cc21. The smallest absolute Gasteiger partial charge is 0.149 e. The summed E-state index contributed by atoms with van der Waals surface area (Å²) >= 11 is 5.83. The van der Waals surface area contributed by atoms with Crippen LogP contribution in [0.2, 0.25) is 0 Å². The molecule has 0 saturated heterocycles. The summed E-state index contributed by atoms with van der Waals surface area (Å²) < 4.78 is 24.3.